The summed E-state index contributed by atoms with van der Waals surface area (Å²) in [5, 5.41) is 17.6. The van der Waals surface area contributed by atoms with Crippen LogP contribution in [0.2, 0.25) is 0 Å². The summed E-state index contributed by atoms with van der Waals surface area (Å²) in [7, 11) is 0. The van der Waals surface area contributed by atoms with Gasteiger partial charge in [-0.1, -0.05) is 41.0 Å². The largest absolute Gasteiger partial charge is 0.544 e. The van der Waals surface area contributed by atoms with Gasteiger partial charge < -0.3 is 19.8 Å². The first-order valence-electron chi connectivity index (χ1n) is 10.9. The third-order valence-electron chi connectivity index (χ3n) is 2.91. The van der Waals surface area contributed by atoms with Gasteiger partial charge in [-0.25, -0.2) is 0 Å². The first-order valence-corrected chi connectivity index (χ1v) is 10.9. The molecule has 222 valence electrons. The van der Waals surface area contributed by atoms with Crippen LogP contribution in [0.1, 0.15) is 107 Å². The summed E-state index contributed by atoms with van der Waals surface area (Å²) in [4.78, 5) is 59.2. The van der Waals surface area contributed by atoms with Gasteiger partial charge in [-0.3, -0.25) is 38.2 Å². The molecule has 0 saturated carbocycles. The zero-order valence-electron chi connectivity index (χ0n) is 23.9. The van der Waals surface area contributed by atoms with Gasteiger partial charge >= 0.3 is 0 Å². The molecular weight excluding hydrogens is 1270 g/mol. The van der Waals surface area contributed by atoms with E-state index in [0.29, 0.717) is 19.3 Å². The van der Waals surface area contributed by atoms with E-state index in [1.165, 1.54) is 32.8 Å². The van der Waals surface area contributed by atoms with Crippen molar-refractivity contribution >= 4 is 59.7 Å². The molecule has 8 nitrogen and oxygen atoms in total. The molecule has 0 bridgehead atoms. The molecular formula is C24H45IO8W3Y2-2. The summed E-state index contributed by atoms with van der Waals surface area (Å²) in [6.45, 7) is 14.2. The fourth-order valence-corrected chi connectivity index (χ4v) is 1.40. The molecule has 0 saturated heterocycles. The number of ketones is 4. The number of rotatable bonds is 11. The Morgan fingerprint density at radius 1 is 0.711 bits per heavy atom. The molecule has 0 rings (SSSR count). The smallest absolute Gasteiger partial charge is 0.139 e. The van der Waals surface area contributed by atoms with Crippen molar-refractivity contribution in [2.75, 3.05) is 0 Å². The van der Waals surface area contributed by atoms with Crippen LogP contribution in [0.15, 0.2) is 0 Å². The number of Topliss-reactive ketones (excluding diaryl/α,β-unsaturated/α-hetero) is 4. The number of carbonyl (C=O) groups excluding carboxylic acids is 6. The summed E-state index contributed by atoms with van der Waals surface area (Å²) < 4.78 is 0. The maximum atomic E-state index is 10.4. The predicted molar refractivity (Wildman–Crippen MR) is 141 cm³/mol. The molecule has 0 heterocycles. The van der Waals surface area contributed by atoms with Gasteiger partial charge in [0, 0.05) is 141 Å². The predicted octanol–water partition coefficient (Wildman–Crippen LogP) is 4.04. The Bertz CT molecular complexity index is 483. The normalized spacial score (nSPS) is 8.79. The fourth-order valence-electron chi connectivity index (χ4n) is 1.40. The van der Waals surface area contributed by atoms with E-state index in [1.807, 2.05) is 6.92 Å². The molecule has 0 aromatic heterocycles. The molecule has 0 aliphatic rings. The van der Waals surface area contributed by atoms with Crippen LogP contribution in [0.3, 0.4) is 0 Å². The van der Waals surface area contributed by atoms with E-state index in [-0.39, 0.29) is 207 Å². The van der Waals surface area contributed by atoms with Gasteiger partial charge in [-0.2, -0.15) is 0 Å². The topological polar surface area (TPSA) is 143 Å². The minimum atomic E-state index is -0.370. The van der Waals surface area contributed by atoms with Crippen LogP contribution in [0.5, 0.6) is 0 Å². The number of carbonyl (C=O) groups is 4. The summed E-state index contributed by atoms with van der Waals surface area (Å²) >= 11 is 0. The molecule has 2 atom stereocenters. The van der Waals surface area contributed by atoms with Crippen molar-refractivity contribution in [2.24, 2.45) is 0 Å². The van der Waals surface area contributed by atoms with Crippen LogP contribution < -0.4 is 0 Å². The van der Waals surface area contributed by atoms with Gasteiger partial charge in [0.25, 0.3) is 0 Å². The first kappa shape index (κ1) is 72.9. The summed E-state index contributed by atoms with van der Waals surface area (Å²) in [6.07, 6.45) is 5.40. The molecule has 0 spiro atoms. The minimum absolute atomic E-state index is 0. The molecule has 0 amide bonds. The first-order chi connectivity index (χ1) is 14.8. The summed E-state index contributed by atoms with van der Waals surface area (Å²) in [5.74, 6) is -0.0382. The van der Waals surface area contributed by atoms with Gasteiger partial charge in [-0.05, 0) is 33.6 Å². The van der Waals surface area contributed by atoms with Gasteiger partial charge in [-0.15, -0.1) is 24.0 Å². The number of aliphatic hydroxyl groups is 2. The van der Waals surface area contributed by atoms with Gasteiger partial charge in [0.15, 0.2) is 0 Å². The van der Waals surface area contributed by atoms with Crippen molar-refractivity contribution < 1.29 is 168 Å². The van der Waals surface area contributed by atoms with Gasteiger partial charge in [0.2, 0.25) is 0 Å². The Morgan fingerprint density at radius 2 is 0.974 bits per heavy atom. The zero-order chi connectivity index (χ0) is 26.5. The third-order valence-corrected chi connectivity index (χ3v) is 2.91. The van der Waals surface area contributed by atoms with Crippen molar-refractivity contribution in [3.8, 4) is 0 Å². The SMILES string of the molecule is CCC.CCC(=O)CC(C)=O.CCC(=O)CC(C)=O.CCC(O)CC(C)O.I.O=[C-]C[C-]=O.[W].[W].[W].[Y].[Y]. The molecule has 0 aromatic rings. The number of hydrogen-bond donors (Lipinski definition) is 2. The van der Waals surface area contributed by atoms with Crippen LogP contribution in [0.25, 0.3) is 0 Å². The van der Waals surface area contributed by atoms with E-state index in [1.54, 1.807) is 20.8 Å². The van der Waals surface area contributed by atoms with Crippen molar-refractivity contribution in [3.05, 3.63) is 0 Å². The van der Waals surface area contributed by atoms with E-state index in [0.717, 1.165) is 6.42 Å². The number of hydrogen-bond acceptors (Lipinski definition) is 8. The molecule has 2 radical (unpaired) electrons. The molecule has 0 fully saturated rings. The zero-order valence-corrected chi connectivity index (χ0v) is 40.8. The van der Waals surface area contributed by atoms with E-state index in [2.05, 4.69) is 13.8 Å². The van der Waals surface area contributed by atoms with E-state index in [4.69, 9.17) is 19.8 Å². The van der Waals surface area contributed by atoms with Crippen LogP contribution in [0.4, 0.5) is 0 Å². The molecule has 2 unspecified atom stereocenters. The number of halogens is 1. The Kier molecular flexibility index (Phi) is 121. The Hall–Kier alpha value is 2.94. The van der Waals surface area contributed by atoms with Crippen molar-refractivity contribution in [3.63, 3.8) is 0 Å². The monoisotopic (exact) mass is 1320 g/mol. The van der Waals surface area contributed by atoms with E-state index < -0.39 is 0 Å². The average molecular weight is 1320 g/mol. The van der Waals surface area contributed by atoms with E-state index >= 15 is 0 Å². The quantitative estimate of drug-likeness (QED) is 0.180. The van der Waals surface area contributed by atoms with Crippen LogP contribution >= 0.6 is 24.0 Å². The maximum Gasteiger partial charge on any atom is 0.139 e. The van der Waals surface area contributed by atoms with Gasteiger partial charge in [0.1, 0.15) is 23.1 Å². The van der Waals surface area contributed by atoms with E-state index in [9.17, 15) is 19.2 Å². The maximum absolute atomic E-state index is 10.4. The second-order valence-corrected chi connectivity index (χ2v) is 6.86. The standard InChI is InChI=1S/C6H14O2.2C6H10O2.C3H2O2.C3H8.HI.3W.2Y/c3*1-3-6(8)4-5(2)7;4-2-1-3-5;1-3-2;;;;;;/h5-8H,3-4H2,1-2H3;2*3-4H2,1-2H3;1H2;3H2,1-2H3;1H;;;;;/q;;;-2;;;;;;;. The second-order valence-electron chi connectivity index (χ2n) is 6.86. The molecule has 0 aliphatic carbocycles. The van der Waals surface area contributed by atoms with Crippen LogP contribution in [-0.2, 0) is 157 Å². The van der Waals surface area contributed by atoms with Crippen LogP contribution in [0, 0.1) is 0 Å². The molecule has 0 aromatic carbocycles. The fraction of sp³-hybridized carbons (Fsp3) is 0.750. The second kappa shape index (κ2) is 63.3. The Labute approximate surface area is 341 Å². The molecule has 14 heteroatoms. The summed E-state index contributed by atoms with van der Waals surface area (Å²) in [6, 6.07) is 0. The third kappa shape index (κ3) is 107. The Balaban J connectivity index is -0.0000000264. The van der Waals surface area contributed by atoms with Crippen molar-refractivity contribution in [2.45, 2.75) is 119 Å². The van der Waals surface area contributed by atoms with Crippen molar-refractivity contribution in [1.29, 1.82) is 0 Å². The average Bonchev–Trinajstić information content (AvgIpc) is 2.69. The minimum Gasteiger partial charge on any atom is -0.544 e. The summed E-state index contributed by atoms with van der Waals surface area (Å²) in [5.41, 5.74) is 0. The number of aliphatic hydroxyl groups excluding tert-OH is 2. The van der Waals surface area contributed by atoms with Crippen molar-refractivity contribution in [1.82, 2.24) is 0 Å². The van der Waals surface area contributed by atoms with Gasteiger partial charge in [0.05, 0.1) is 25.0 Å². The molecule has 38 heavy (non-hydrogen) atoms. The Morgan fingerprint density at radius 3 is 1.03 bits per heavy atom. The van der Waals surface area contributed by atoms with Crippen LogP contribution in [-0.4, -0.2) is 58.1 Å². The molecule has 0 aliphatic heterocycles. The molecule has 2 N–H and O–H groups in total.